The Morgan fingerprint density at radius 2 is 1.86 bits per heavy atom. The van der Waals surface area contributed by atoms with Gasteiger partial charge in [-0.25, -0.2) is 4.98 Å². The van der Waals surface area contributed by atoms with Gasteiger partial charge in [-0.2, -0.15) is 4.68 Å². The van der Waals surface area contributed by atoms with Gasteiger partial charge in [0.2, 0.25) is 18.2 Å². The van der Waals surface area contributed by atoms with E-state index in [1.54, 1.807) is 4.68 Å². The van der Waals surface area contributed by atoms with Crippen molar-refractivity contribution in [2.75, 3.05) is 18.3 Å². The van der Waals surface area contributed by atoms with Gasteiger partial charge in [-0.05, 0) is 50.3 Å². The molecular weight excluding hydrogens is 472 g/mol. The Bertz CT molecular complexity index is 1360. The molecule has 37 heavy (non-hydrogen) atoms. The second-order valence-corrected chi connectivity index (χ2v) is 8.68. The Morgan fingerprint density at radius 1 is 1.05 bits per heavy atom. The molecule has 1 aliphatic rings. The Labute approximate surface area is 216 Å². The molecule has 10 nitrogen and oxygen atoms in total. The number of aryl methyl sites for hydroxylation is 1. The van der Waals surface area contributed by atoms with Crippen molar-refractivity contribution in [2.24, 2.45) is 0 Å². The predicted octanol–water partition coefficient (Wildman–Crippen LogP) is 3.97. The van der Waals surface area contributed by atoms with Crippen LogP contribution in [0.25, 0.3) is 22.8 Å². The van der Waals surface area contributed by atoms with Crippen LogP contribution in [-0.4, -0.2) is 39.0 Å². The molecule has 1 aromatic carbocycles. The Kier molecular flexibility index (Phi) is 8.05. The molecule has 1 N–H and O–H groups in total. The van der Waals surface area contributed by atoms with Crippen molar-refractivity contribution in [3.63, 3.8) is 0 Å². The van der Waals surface area contributed by atoms with Crippen molar-refractivity contribution in [2.45, 2.75) is 66.7 Å². The van der Waals surface area contributed by atoms with Gasteiger partial charge < -0.3 is 14.5 Å². The molecule has 0 saturated carbocycles. The molecule has 1 aliphatic heterocycles. The van der Waals surface area contributed by atoms with Crippen LogP contribution in [0.1, 0.15) is 65.1 Å². The lowest BCUT2D eigenvalue weighted by Gasteiger charge is -2.35. The third kappa shape index (κ3) is 4.87. The largest absolute Gasteiger partial charge is 0.493 e. The van der Waals surface area contributed by atoms with Crippen molar-refractivity contribution in [3.05, 3.63) is 57.5 Å². The molecular formula is C27H34N6O4. The van der Waals surface area contributed by atoms with Crippen LogP contribution in [-0.2, 0) is 17.6 Å². The second kappa shape index (κ2) is 11.4. The molecule has 0 radical (unpaired) electrons. The number of nitrogens with one attached hydrogen (secondary N) is 1. The topological polar surface area (TPSA) is 115 Å². The summed E-state index contributed by atoms with van der Waals surface area (Å²) in [5.74, 6) is 1.27. The molecule has 1 amide bonds. The van der Waals surface area contributed by atoms with Crippen LogP contribution in [0, 0.1) is 0 Å². The molecule has 0 spiro atoms. The first-order chi connectivity index (χ1) is 18.0. The zero-order chi connectivity index (χ0) is 26.5. The molecule has 10 heteroatoms. The number of amides is 1. The average molecular weight is 507 g/mol. The fraction of sp³-hybridized carbons (Fsp3) is 0.444. The van der Waals surface area contributed by atoms with E-state index < -0.39 is 0 Å². The fourth-order valence-electron chi connectivity index (χ4n) is 4.70. The van der Waals surface area contributed by atoms with Gasteiger partial charge in [0, 0.05) is 22.4 Å². The first kappa shape index (κ1) is 26.1. The fourth-order valence-corrected chi connectivity index (χ4v) is 4.70. The number of benzene rings is 1. The van der Waals surface area contributed by atoms with Crippen LogP contribution < -0.4 is 20.6 Å². The Morgan fingerprint density at radius 3 is 2.49 bits per heavy atom. The summed E-state index contributed by atoms with van der Waals surface area (Å²) in [5, 5.41) is 12.6. The van der Waals surface area contributed by atoms with E-state index in [9.17, 15) is 9.59 Å². The lowest BCUT2D eigenvalue weighted by molar-refractivity contribution is -0.118. The summed E-state index contributed by atoms with van der Waals surface area (Å²) in [5.41, 5.74) is 4.00. The SMILES string of the molecule is CCCOc1ccc(-c2nnco2)cc1-c1nc(CC)c(CC)c(=O)n1N1CNC(=O)C(CC)=C1CC. The lowest BCUT2D eigenvalue weighted by Crippen LogP contribution is -2.53. The molecule has 0 bridgehead atoms. The van der Waals surface area contributed by atoms with Crippen molar-refractivity contribution in [1.82, 2.24) is 25.2 Å². The minimum absolute atomic E-state index is 0.107. The average Bonchev–Trinajstić information content (AvgIpc) is 3.46. The van der Waals surface area contributed by atoms with E-state index in [4.69, 9.17) is 14.1 Å². The minimum atomic E-state index is -0.161. The van der Waals surface area contributed by atoms with Crippen LogP contribution in [0.15, 0.2) is 45.1 Å². The van der Waals surface area contributed by atoms with Crippen LogP contribution >= 0.6 is 0 Å². The molecule has 0 saturated heterocycles. The summed E-state index contributed by atoms with van der Waals surface area (Å²) in [6, 6.07) is 5.55. The molecule has 0 fully saturated rings. The molecule has 3 heterocycles. The van der Waals surface area contributed by atoms with Crippen molar-refractivity contribution in [1.29, 1.82) is 0 Å². The normalized spacial score (nSPS) is 13.8. The number of nitrogens with zero attached hydrogens (tertiary/aromatic N) is 5. The van der Waals surface area contributed by atoms with Crippen LogP contribution in [0.3, 0.4) is 0 Å². The van der Waals surface area contributed by atoms with E-state index in [1.807, 2.05) is 57.8 Å². The number of carbonyl (C=O) groups excluding carboxylic acids is 1. The Balaban J connectivity index is 2.06. The third-order valence-corrected chi connectivity index (χ3v) is 6.47. The summed E-state index contributed by atoms with van der Waals surface area (Å²) in [6.45, 7) is 10.6. The summed E-state index contributed by atoms with van der Waals surface area (Å²) in [4.78, 5) is 31.8. The number of allylic oxidation sites excluding steroid dienone is 1. The van der Waals surface area contributed by atoms with Gasteiger partial charge in [-0.1, -0.05) is 34.6 Å². The summed E-state index contributed by atoms with van der Waals surface area (Å²) in [6.07, 6.45) is 4.38. The van der Waals surface area contributed by atoms with Crippen LogP contribution in [0.2, 0.25) is 0 Å². The molecule has 4 rings (SSSR count). The highest BCUT2D eigenvalue weighted by molar-refractivity contribution is 5.95. The third-order valence-electron chi connectivity index (χ3n) is 6.47. The molecule has 2 aromatic heterocycles. The molecule has 0 unspecified atom stereocenters. The predicted molar refractivity (Wildman–Crippen MR) is 141 cm³/mol. The molecule has 3 aromatic rings. The van der Waals surface area contributed by atoms with Gasteiger partial charge in [0.15, 0.2) is 5.82 Å². The van der Waals surface area contributed by atoms with Crippen LogP contribution in [0.5, 0.6) is 5.75 Å². The molecule has 0 aliphatic carbocycles. The van der Waals surface area contributed by atoms with Gasteiger partial charge in [0.05, 0.1) is 17.9 Å². The van der Waals surface area contributed by atoms with Crippen molar-refractivity contribution < 1.29 is 13.9 Å². The highest BCUT2D eigenvalue weighted by Crippen LogP contribution is 2.34. The number of rotatable bonds is 10. The van der Waals surface area contributed by atoms with Gasteiger partial charge in [-0.15, -0.1) is 10.2 Å². The minimum Gasteiger partial charge on any atom is -0.493 e. The highest BCUT2D eigenvalue weighted by atomic mass is 16.5. The monoisotopic (exact) mass is 506 g/mol. The zero-order valence-electron chi connectivity index (χ0n) is 22.1. The van der Waals surface area contributed by atoms with Crippen LogP contribution in [0.4, 0.5) is 0 Å². The number of carbonyl (C=O) groups is 1. The quantitative estimate of drug-likeness (QED) is 0.439. The smallest absolute Gasteiger partial charge is 0.276 e. The summed E-state index contributed by atoms with van der Waals surface area (Å²) < 4.78 is 13.2. The number of hydrogen-bond acceptors (Lipinski definition) is 8. The van der Waals surface area contributed by atoms with Crippen molar-refractivity contribution >= 4 is 5.91 Å². The van der Waals surface area contributed by atoms with Gasteiger partial charge in [-0.3, -0.25) is 14.6 Å². The van der Waals surface area contributed by atoms with Crippen molar-refractivity contribution in [3.8, 4) is 28.6 Å². The lowest BCUT2D eigenvalue weighted by atomic mass is 10.1. The first-order valence-electron chi connectivity index (χ1n) is 12.9. The first-order valence-corrected chi connectivity index (χ1v) is 12.9. The number of hydrogen-bond donors (Lipinski definition) is 1. The number of aromatic nitrogens is 4. The molecule has 0 atom stereocenters. The maximum absolute atomic E-state index is 14.1. The maximum atomic E-state index is 14.1. The zero-order valence-corrected chi connectivity index (χ0v) is 22.1. The Hall–Kier alpha value is -3.95. The van der Waals surface area contributed by atoms with E-state index in [1.165, 1.54) is 6.39 Å². The van der Waals surface area contributed by atoms with E-state index in [2.05, 4.69) is 15.5 Å². The summed E-state index contributed by atoms with van der Waals surface area (Å²) in [7, 11) is 0. The van der Waals surface area contributed by atoms with Gasteiger partial charge in [0.1, 0.15) is 12.4 Å². The maximum Gasteiger partial charge on any atom is 0.276 e. The second-order valence-electron chi connectivity index (χ2n) is 8.68. The standard InChI is InChI=1S/C27H34N6O4/c1-6-13-36-23-12-11-17(26-31-29-16-37-26)14-20(23)24-30-21(9-4)18(7-2)27(35)33(24)32-15-28-25(34)19(8-3)22(32)10-5/h11-12,14,16H,6-10,13,15H2,1-5H3,(H,28,34). The molecule has 196 valence electrons. The van der Waals surface area contributed by atoms with Gasteiger partial charge >= 0.3 is 0 Å². The van der Waals surface area contributed by atoms with E-state index >= 15 is 0 Å². The van der Waals surface area contributed by atoms with E-state index in [0.717, 1.165) is 17.8 Å². The van der Waals surface area contributed by atoms with Gasteiger partial charge in [0.25, 0.3) is 5.56 Å². The number of ether oxygens (including phenoxy) is 1. The van der Waals surface area contributed by atoms with E-state index in [0.29, 0.717) is 72.0 Å². The summed E-state index contributed by atoms with van der Waals surface area (Å²) >= 11 is 0. The van der Waals surface area contributed by atoms with E-state index in [-0.39, 0.29) is 18.1 Å². The highest BCUT2D eigenvalue weighted by Gasteiger charge is 2.30.